The van der Waals surface area contributed by atoms with Crippen LogP contribution in [-0.2, 0) is 41.4 Å². The summed E-state index contributed by atoms with van der Waals surface area (Å²) >= 11 is -3.58. The summed E-state index contributed by atoms with van der Waals surface area (Å²) in [7, 11) is 0. The molecule has 26 valence electrons. The van der Waals surface area contributed by atoms with Crippen molar-refractivity contribution >= 4 is 0 Å². The van der Waals surface area contributed by atoms with Gasteiger partial charge >= 0.3 is 29.3 Å². The van der Waals surface area contributed by atoms with Crippen LogP contribution < -0.4 is 0 Å². The third-order valence-electron chi connectivity index (χ3n) is 0. The van der Waals surface area contributed by atoms with E-state index in [1.807, 2.05) is 0 Å². The molecule has 0 aromatic heterocycles. The molecule has 0 radical (unpaired) electrons. The van der Waals surface area contributed by atoms with Crippen molar-refractivity contribution in [1.82, 2.24) is 0 Å². The summed E-state index contributed by atoms with van der Waals surface area (Å²) in [4.78, 5) is 0. The largest absolute Gasteiger partial charge is 0 e. The molecular weight excluding hydrogens is 161 g/mol. The predicted molar refractivity (Wildman–Crippen MR) is 5.12 cm³/mol. The molecule has 0 aliphatic heterocycles. The summed E-state index contributed by atoms with van der Waals surface area (Å²) in [5.74, 6) is 0. The van der Waals surface area contributed by atoms with E-state index in [4.69, 9.17) is 10.7 Å². The Balaban J connectivity index is 0. The van der Waals surface area contributed by atoms with E-state index in [0.29, 0.717) is 0 Å². The fraction of sp³-hybridized carbons (Fsp3) is 0. The van der Waals surface area contributed by atoms with Crippen LogP contribution in [0.15, 0.2) is 0 Å². The summed E-state index contributed by atoms with van der Waals surface area (Å²) in [6.45, 7) is 0. The average Bonchev–Trinajstić information content (AvgIpc) is 0.811. The molecule has 0 unspecified atom stereocenters. The van der Waals surface area contributed by atoms with Crippen molar-refractivity contribution in [3.63, 3.8) is 0 Å². The molecule has 0 saturated carbocycles. The predicted octanol–water partition coefficient (Wildman–Crippen LogP) is -1.24. The quantitative estimate of drug-likeness (QED) is 0.439. The fourth-order valence-corrected chi connectivity index (χ4v) is 0. The maximum absolute atomic E-state index is 8.81. The van der Waals surface area contributed by atoms with Gasteiger partial charge in [-0.15, -0.1) is 0 Å². The maximum atomic E-state index is 8.81. The summed E-state index contributed by atoms with van der Waals surface area (Å²) in [5, 5.41) is 0. The molecule has 5 heavy (non-hydrogen) atoms. The summed E-state index contributed by atoms with van der Waals surface area (Å²) in [5.41, 5.74) is 0. The minimum atomic E-state index is -3.58. The van der Waals surface area contributed by atoms with Crippen molar-refractivity contribution in [3.8, 4) is 0 Å². The molecule has 0 bridgehead atoms. The van der Waals surface area contributed by atoms with Crippen molar-refractivity contribution in [2.75, 3.05) is 0 Å². The van der Waals surface area contributed by atoms with E-state index in [1.54, 1.807) is 0 Å². The van der Waals surface area contributed by atoms with Crippen LogP contribution in [0.1, 0.15) is 0 Å². The Bertz CT molecular complexity index is 29.9. The second kappa shape index (κ2) is 5.06. The standard InChI is InChI=1S/2H2O.O.Ti.Zn/h2*1H2;;;/q;;;+2;/p-2. The Morgan fingerprint density at radius 1 is 1.40 bits per heavy atom. The van der Waals surface area contributed by atoms with E-state index in [-0.39, 0.29) is 19.5 Å². The van der Waals surface area contributed by atoms with Gasteiger partial charge in [-0.2, -0.15) is 0 Å². The van der Waals surface area contributed by atoms with Gasteiger partial charge < -0.3 is 0 Å². The molecule has 3 nitrogen and oxygen atoms in total. The van der Waals surface area contributed by atoms with Crippen LogP contribution in [0.3, 0.4) is 0 Å². The van der Waals surface area contributed by atoms with Crippen LogP contribution >= 0.6 is 0 Å². The van der Waals surface area contributed by atoms with E-state index < -0.39 is 18.6 Å². The Kier molecular flexibility index (Phi) is 9.52. The van der Waals surface area contributed by atoms with Gasteiger partial charge in [-0.05, 0) is 0 Å². The Hall–Kier alpha value is 1.06. The normalized spacial score (nSPS) is 5.20. The minimum Gasteiger partial charge on any atom is 0 e. The van der Waals surface area contributed by atoms with Gasteiger partial charge in [-0.3, -0.25) is 0 Å². The Morgan fingerprint density at radius 2 is 1.40 bits per heavy atom. The van der Waals surface area contributed by atoms with Crippen LogP contribution in [0.2, 0.25) is 0 Å². The maximum Gasteiger partial charge on any atom is 0 e. The smallest absolute Gasteiger partial charge is 0 e. The van der Waals surface area contributed by atoms with Crippen molar-refractivity contribution in [3.05, 3.63) is 0 Å². The third-order valence-corrected chi connectivity index (χ3v) is 0. The molecule has 0 aromatic rings. The van der Waals surface area contributed by atoms with Gasteiger partial charge in [0.1, 0.15) is 0 Å². The average molecular weight is 163 g/mol. The van der Waals surface area contributed by atoms with Gasteiger partial charge in [-0.25, -0.2) is 0 Å². The van der Waals surface area contributed by atoms with Gasteiger partial charge in [0.2, 0.25) is 0 Å². The zero-order valence-electron chi connectivity index (χ0n) is 2.51. The SMILES string of the molecule is [O]=[Ti]([OH])[OH].[Zn]. The topological polar surface area (TPSA) is 57.5 Å². The van der Waals surface area contributed by atoms with Gasteiger partial charge in [0, 0.05) is 19.5 Å². The molecule has 0 aliphatic rings. The third kappa shape index (κ3) is 42.3. The molecule has 0 rings (SSSR count). The first-order valence-electron chi connectivity index (χ1n) is 0.651. The molecular formula is H2O3TiZn. The molecule has 0 heterocycles. The van der Waals surface area contributed by atoms with Crippen LogP contribution in [0.4, 0.5) is 0 Å². The Morgan fingerprint density at radius 3 is 1.40 bits per heavy atom. The second-order valence-corrected chi connectivity index (χ2v) is 1.17. The zero-order valence-corrected chi connectivity index (χ0v) is 7.04. The molecule has 2 N–H and O–H groups in total. The van der Waals surface area contributed by atoms with E-state index in [0.717, 1.165) is 0 Å². The van der Waals surface area contributed by atoms with E-state index in [1.165, 1.54) is 0 Å². The zero-order chi connectivity index (χ0) is 3.58. The van der Waals surface area contributed by atoms with E-state index in [2.05, 4.69) is 0 Å². The van der Waals surface area contributed by atoms with Gasteiger partial charge in [0.05, 0.1) is 0 Å². The summed E-state index contributed by atoms with van der Waals surface area (Å²) < 4.78 is 23.2. The van der Waals surface area contributed by atoms with Crippen molar-refractivity contribution in [1.29, 1.82) is 0 Å². The molecule has 0 saturated heterocycles. The monoisotopic (exact) mass is 162 g/mol. The van der Waals surface area contributed by atoms with Gasteiger partial charge in [-0.1, -0.05) is 0 Å². The molecule has 0 fully saturated rings. The molecule has 0 aromatic carbocycles. The molecule has 5 heteroatoms. The first-order valence-corrected chi connectivity index (χ1v) is 2.69. The van der Waals surface area contributed by atoms with Crippen LogP contribution in [-0.4, -0.2) is 7.38 Å². The first kappa shape index (κ1) is 9.41. The molecule has 0 spiro atoms. The summed E-state index contributed by atoms with van der Waals surface area (Å²) in [6.07, 6.45) is 0. The van der Waals surface area contributed by atoms with Gasteiger partial charge in [0.25, 0.3) is 0 Å². The molecule has 0 amide bonds. The summed E-state index contributed by atoms with van der Waals surface area (Å²) in [6, 6.07) is 0. The van der Waals surface area contributed by atoms with E-state index >= 15 is 0 Å². The number of rotatable bonds is 0. The van der Waals surface area contributed by atoms with Crippen molar-refractivity contribution in [2.45, 2.75) is 0 Å². The first-order chi connectivity index (χ1) is 1.73. The second-order valence-electron chi connectivity index (χ2n) is 0.283. The minimum absolute atomic E-state index is 0. The fourth-order valence-electron chi connectivity index (χ4n) is 0. The van der Waals surface area contributed by atoms with Crippen molar-refractivity contribution in [2.24, 2.45) is 0 Å². The van der Waals surface area contributed by atoms with E-state index in [9.17, 15) is 0 Å². The molecule has 0 atom stereocenters. The molecule has 0 aliphatic carbocycles. The van der Waals surface area contributed by atoms with Crippen molar-refractivity contribution < 1.29 is 48.8 Å². The number of hydrogen-bond donors (Lipinski definition) is 2. The Labute approximate surface area is 48.9 Å². The van der Waals surface area contributed by atoms with Crippen LogP contribution in [0.25, 0.3) is 0 Å². The van der Waals surface area contributed by atoms with Crippen LogP contribution in [0, 0.1) is 0 Å². The number of hydrogen-bond acceptors (Lipinski definition) is 1. The van der Waals surface area contributed by atoms with Crippen LogP contribution in [0.5, 0.6) is 0 Å². The van der Waals surface area contributed by atoms with Gasteiger partial charge in [0.15, 0.2) is 0 Å².